The van der Waals surface area contributed by atoms with E-state index in [-0.39, 0.29) is 10.6 Å². The molecule has 0 spiro atoms. The number of nitrogens with one attached hydrogen (secondary N) is 1. The van der Waals surface area contributed by atoms with Gasteiger partial charge in [-0.15, -0.1) is 0 Å². The van der Waals surface area contributed by atoms with Gasteiger partial charge in [0.2, 0.25) is 10.0 Å². The summed E-state index contributed by atoms with van der Waals surface area (Å²) >= 11 is 0. The molecule has 19 heavy (non-hydrogen) atoms. The van der Waals surface area contributed by atoms with Crippen LogP contribution in [-0.2, 0) is 10.0 Å². The number of nitrogens with two attached hydrogens (primary N) is 2. The van der Waals surface area contributed by atoms with Crippen molar-refractivity contribution in [2.45, 2.75) is 4.90 Å². The van der Waals surface area contributed by atoms with Gasteiger partial charge in [0.05, 0.1) is 11.4 Å². The summed E-state index contributed by atoms with van der Waals surface area (Å²) in [4.78, 5) is 2.18. The van der Waals surface area contributed by atoms with E-state index in [1.54, 1.807) is 12.1 Å². The summed E-state index contributed by atoms with van der Waals surface area (Å²) in [5.41, 5.74) is 9.72. The van der Waals surface area contributed by atoms with Crippen LogP contribution < -0.4 is 16.3 Å². The second-order valence-electron chi connectivity index (χ2n) is 4.66. The predicted octanol–water partition coefficient (Wildman–Crippen LogP) is -0.509. The van der Waals surface area contributed by atoms with Crippen LogP contribution in [0.5, 0.6) is 0 Å². The maximum atomic E-state index is 11.4. The first-order valence-corrected chi connectivity index (χ1v) is 7.54. The highest BCUT2D eigenvalue weighted by molar-refractivity contribution is 7.89. The molecule has 1 aliphatic heterocycles. The fourth-order valence-corrected chi connectivity index (χ4v) is 2.66. The molecule has 0 atom stereocenters. The Balaban J connectivity index is 2.17. The molecule has 1 fully saturated rings. The molecule has 1 heterocycles. The lowest BCUT2D eigenvalue weighted by Crippen LogP contribution is -2.47. The van der Waals surface area contributed by atoms with E-state index < -0.39 is 10.0 Å². The van der Waals surface area contributed by atoms with Crippen LogP contribution in [0.2, 0.25) is 0 Å². The zero-order chi connectivity index (χ0) is 14.0. The van der Waals surface area contributed by atoms with Gasteiger partial charge < -0.3 is 16.1 Å². The average Bonchev–Trinajstić information content (AvgIpc) is 2.33. The standard InChI is InChI=1S/C11H19N5O2S/c1-15-5-7-16(8-6-15)14-9-3-2-4-10(11(9)12)19(13,17)18/h2-4,14H,5-8,12H2,1H3,(H2,13,17,18). The number of nitrogens with zero attached hydrogens (tertiary/aromatic N) is 2. The highest BCUT2D eigenvalue weighted by atomic mass is 32.2. The van der Waals surface area contributed by atoms with Crippen LogP contribution in [0.4, 0.5) is 11.4 Å². The average molecular weight is 285 g/mol. The second kappa shape index (κ2) is 5.33. The monoisotopic (exact) mass is 285 g/mol. The molecule has 1 saturated heterocycles. The number of para-hydroxylation sites is 1. The molecule has 0 aliphatic carbocycles. The van der Waals surface area contributed by atoms with Crippen molar-refractivity contribution in [3.05, 3.63) is 18.2 Å². The molecular weight excluding hydrogens is 266 g/mol. The highest BCUT2D eigenvalue weighted by Gasteiger charge is 2.18. The largest absolute Gasteiger partial charge is 0.396 e. The predicted molar refractivity (Wildman–Crippen MR) is 74.9 cm³/mol. The van der Waals surface area contributed by atoms with Gasteiger partial charge in [-0.2, -0.15) is 0 Å². The molecule has 0 aromatic heterocycles. The summed E-state index contributed by atoms with van der Waals surface area (Å²) in [5.74, 6) is 0. The second-order valence-corrected chi connectivity index (χ2v) is 6.19. The van der Waals surface area contributed by atoms with E-state index in [9.17, 15) is 8.42 Å². The Kier molecular flexibility index (Phi) is 3.95. The van der Waals surface area contributed by atoms with Crippen molar-refractivity contribution in [1.29, 1.82) is 0 Å². The third kappa shape index (κ3) is 3.35. The zero-order valence-corrected chi connectivity index (χ0v) is 11.7. The normalized spacial score (nSPS) is 18.4. The molecule has 1 aliphatic rings. The number of rotatable bonds is 3. The number of nitrogen functional groups attached to an aromatic ring is 1. The van der Waals surface area contributed by atoms with E-state index in [4.69, 9.17) is 10.9 Å². The number of hydrogen-bond donors (Lipinski definition) is 3. The molecule has 0 saturated carbocycles. The molecule has 2 rings (SSSR count). The first-order chi connectivity index (χ1) is 8.88. The summed E-state index contributed by atoms with van der Waals surface area (Å²) in [6.07, 6.45) is 0. The highest BCUT2D eigenvalue weighted by Crippen LogP contribution is 2.26. The molecule has 1 aromatic rings. The topological polar surface area (TPSA) is 105 Å². The molecule has 8 heteroatoms. The van der Waals surface area contributed by atoms with E-state index in [0.717, 1.165) is 26.2 Å². The van der Waals surface area contributed by atoms with E-state index in [2.05, 4.69) is 17.4 Å². The molecule has 0 bridgehead atoms. The number of hydrazine groups is 1. The van der Waals surface area contributed by atoms with Gasteiger partial charge >= 0.3 is 0 Å². The summed E-state index contributed by atoms with van der Waals surface area (Å²) in [6.45, 7) is 3.58. The zero-order valence-electron chi connectivity index (χ0n) is 10.8. The van der Waals surface area contributed by atoms with Crippen LogP contribution in [0.25, 0.3) is 0 Å². The van der Waals surface area contributed by atoms with Crippen molar-refractivity contribution < 1.29 is 8.42 Å². The first kappa shape index (κ1) is 14.1. The minimum absolute atomic E-state index is 0.0494. The smallest absolute Gasteiger partial charge is 0.240 e. The molecule has 5 N–H and O–H groups in total. The molecule has 106 valence electrons. The molecule has 0 radical (unpaired) electrons. The minimum Gasteiger partial charge on any atom is -0.396 e. The first-order valence-electron chi connectivity index (χ1n) is 5.99. The van der Waals surface area contributed by atoms with E-state index in [1.807, 2.05) is 5.01 Å². The van der Waals surface area contributed by atoms with E-state index >= 15 is 0 Å². The lowest BCUT2D eigenvalue weighted by atomic mass is 10.3. The van der Waals surface area contributed by atoms with E-state index in [1.165, 1.54) is 6.07 Å². The van der Waals surface area contributed by atoms with Gasteiger partial charge in [0.15, 0.2) is 0 Å². The SMILES string of the molecule is CN1CCN(Nc2cccc(S(N)(=O)=O)c2N)CC1. The van der Waals surface area contributed by atoms with Gasteiger partial charge in [-0.3, -0.25) is 0 Å². The van der Waals surface area contributed by atoms with Gasteiger partial charge in [-0.1, -0.05) is 6.07 Å². The maximum absolute atomic E-state index is 11.4. The summed E-state index contributed by atoms with van der Waals surface area (Å²) < 4.78 is 22.8. The Morgan fingerprint density at radius 1 is 1.21 bits per heavy atom. The molecule has 0 unspecified atom stereocenters. The maximum Gasteiger partial charge on any atom is 0.240 e. The van der Waals surface area contributed by atoms with Crippen LogP contribution >= 0.6 is 0 Å². The molecule has 0 amide bonds. The summed E-state index contributed by atoms with van der Waals surface area (Å²) in [7, 11) is -1.73. The number of piperazine rings is 1. The number of primary sulfonamides is 1. The molecule has 7 nitrogen and oxygen atoms in total. The lowest BCUT2D eigenvalue weighted by molar-refractivity contribution is 0.179. The molecule has 1 aromatic carbocycles. The lowest BCUT2D eigenvalue weighted by Gasteiger charge is -2.33. The Hall–Kier alpha value is -1.35. The summed E-state index contributed by atoms with van der Waals surface area (Å²) in [5, 5.41) is 7.13. The van der Waals surface area contributed by atoms with Crippen molar-refractivity contribution in [2.75, 3.05) is 44.4 Å². The van der Waals surface area contributed by atoms with Crippen molar-refractivity contribution in [3.8, 4) is 0 Å². The third-order valence-electron chi connectivity index (χ3n) is 3.15. The molecular formula is C11H19N5O2S. The van der Waals surface area contributed by atoms with Gasteiger partial charge in [0.25, 0.3) is 0 Å². The van der Waals surface area contributed by atoms with Crippen LogP contribution in [0.1, 0.15) is 0 Å². The Labute approximate surface area is 113 Å². The van der Waals surface area contributed by atoms with Crippen LogP contribution in [0, 0.1) is 0 Å². The Morgan fingerprint density at radius 2 is 1.84 bits per heavy atom. The summed E-state index contributed by atoms with van der Waals surface area (Å²) in [6, 6.07) is 4.76. The number of likely N-dealkylation sites (N-methyl/N-ethyl adjacent to an activating group) is 1. The Bertz CT molecular complexity index is 552. The number of anilines is 2. The fraction of sp³-hybridized carbons (Fsp3) is 0.455. The van der Waals surface area contributed by atoms with Crippen molar-refractivity contribution in [3.63, 3.8) is 0 Å². The van der Waals surface area contributed by atoms with Gasteiger partial charge in [-0.25, -0.2) is 18.6 Å². The van der Waals surface area contributed by atoms with Crippen LogP contribution in [-0.4, -0.2) is 51.6 Å². The van der Waals surface area contributed by atoms with Gasteiger partial charge in [0, 0.05) is 26.2 Å². The quantitative estimate of drug-likeness (QED) is 0.646. The van der Waals surface area contributed by atoms with Crippen LogP contribution in [0.15, 0.2) is 23.1 Å². The number of benzene rings is 1. The van der Waals surface area contributed by atoms with Crippen molar-refractivity contribution in [2.24, 2.45) is 5.14 Å². The Morgan fingerprint density at radius 3 is 2.42 bits per heavy atom. The van der Waals surface area contributed by atoms with E-state index in [0.29, 0.717) is 5.69 Å². The minimum atomic E-state index is -3.80. The van der Waals surface area contributed by atoms with Gasteiger partial charge in [-0.05, 0) is 19.2 Å². The van der Waals surface area contributed by atoms with Crippen LogP contribution in [0.3, 0.4) is 0 Å². The number of hydrogen-bond acceptors (Lipinski definition) is 6. The van der Waals surface area contributed by atoms with Crippen molar-refractivity contribution >= 4 is 21.4 Å². The third-order valence-corrected chi connectivity index (χ3v) is 4.12. The fourth-order valence-electron chi connectivity index (χ4n) is 1.98. The van der Waals surface area contributed by atoms with Gasteiger partial charge in [0.1, 0.15) is 4.90 Å². The van der Waals surface area contributed by atoms with Crippen molar-refractivity contribution in [1.82, 2.24) is 9.91 Å². The number of sulfonamides is 1.